The fourth-order valence-electron chi connectivity index (χ4n) is 1.78. The van der Waals surface area contributed by atoms with Crippen molar-refractivity contribution in [2.75, 3.05) is 0 Å². The van der Waals surface area contributed by atoms with Gasteiger partial charge in [0.1, 0.15) is 11.4 Å². The summed E-state index contributed by atoms with van der Waals surface area (Å²) in [4.78, 5) is 4.17. The van der Waals surface area contributed by atoms with Crippen LogP contribution < -0.4 is 4.74 Å². The Morgan fingerprint density at radius 3 is 2.60 bits per heavy atom. The van der Waals surface area contributed by atoms with E-state index in [1.807, 2.05) is 0 Å². The van der Waals surface area contributed by atoms with Crippen LogP contribution in [-0.4, -0.2) is 26.8 Å². The fraction of sp³-hybridized carbons (Fsp3) is 0.0833. The summed E-state index contributed by atoms with van der Waals surface area (Å²) in [5, 5.41) is 11.2. The highest BCUT2D eigenvalue weighted by atomic mass is 19.4. The van der Waals surface area contributed by atoms with E-state index in [1.54, 1.807) is 18.5 Å². The van der Waals surface area contributed by atoms with Crippen LogP contribution in [0.2, 0.25) is 0 Å². The van der Waals surface area contributed by atoms with Crippen molar-refractivity contribution in [1.29, 1.82) is 0 Å². The molecule has 0 aliphatic rings. The summed E-state index contributed by atoms with van der Waals surface area (Å²) < 4.78 is 40.4. The van der Waals surface area contributed by atoms with Crippen LogP contribution in [0, 0.1) is 0 Å². The lowest BCUT2D eigenvalue weighted by Crippen LogP contribution is -2.16. The number of nitrogens with one attached hydrogen (secondary N) is 1. The van der Waals surface area contributed by atoms with Crippen molar-refractivity contribution in [3.05, 3.63) is 36.7 Å². The van der Waals surface area contributed by atoms with Crippen LogP contribution in [-0.2, 0) is 0 Å². The number of rotatable bonds is 2. The zero-order chi connectivity index (χ0) is 14.2. The number of nitrogens with zero attached hydrogens (tertiary/aromatic N) is 3. The third kappa shape index (κ3) is 2.53. The highest BCUT2D eigenvalue weighted by molar-refractivity contribution is 5.85. The normalized spacial score (nSPS) is 11.8. The molecular weight excluding hydrogens is 273 g/mol. The highest BCUT2D eigenvalue weighted by Gasteiger charge is 2.31. The molecule has 5 nitrogen and oxygen atoms in total. The lowest BCUT2D eigenvalue weighted by molar-refractivity contribution is -0.274. The first kappa shape index (κ1) is 12.4. The molecule has 0 radical (unpaired) electrons. The number of H-pyrrole nitrogens is 1. The van der Waals surface area contributed by atoms with E-state index in [-0.39, 0.29) is 5.75 Å². The molecule has 0 aliphatic carbocycles. The van der Waals surface area contributed by atoms with E-state index in [2.05, 4.69) is 25.1 Å². The largest absolute Gasteiger partial charge is 0.573 e. The lowest BCUT2D eigenvalue weighted by Gasteiger charge is -2.09. The van der Waals surface area contributed by atoms with Crippen molar-refractivity contribution >= 4 is 10.8 Å². The molecule has 0 bridgehead atoms. The molecule has 2 heterocycles. The summed E-state index contributed by atoms with van der Waals surface area (Å²) in [5.74, 6) is -0.276. The number of alkyl halides is 3. The zero-order valence-corrected chi connectivity index (χ0v) is 9.85. The van der Waals surface area contributed by atoms with E-state index in [4.69, 9.17) is 0 Å². The Morgan fingerprint density at radius 1 is 1.05 bits per heavy atom. The Hall–Kier alpha value is -2.64. The first-order valence-electron chi connectivity index (χ1n) is 5.54. The molecule has 0 saturated heterocycles. The van der Waals surface area contributed by atoms with Crippen LogP contribution >= 0.6 is 0 Å². The minimum absolute atomic E-state index is 0.276. The molecule has 2 aromatic heterocycles. The third-order valence-electron chi connectivity index (χ3n) is 2.61. The van der Waals surface area contributed by atoms with Gasteiger partial charge in [0.15, 0.2) is 0 Å². The smallest absolute Gasteiger partial charge is 0.406 e. The van der Waals surface area contributed by atoms with E-state index in [0.717, 1.165) is 0 Å². The molecule has 0 saturated carbocycles. The number of ether oxygens (including phenoxy) is 1. The predicted octanol–water partition coefficient (Wildman–Crippen LogP) is 2.92. The summed E-state index contributed by atoms with van der Waals surface area (Å²) in [7, 11) is 0. The average Bonchev–Trinajstić information content (AvgIpc) is 2.89. The number of pyridine rings is 1. The molecule has 0 atom stereocenters. The van der Waals surface area contributed by atoms with Gasteiger partial charge < -0.3 is 4.74 Å². The van der Waals surface area contributed by atoms with Gasteiger partial charge in [-0.15, -0.1) is 18.3 Å². The maximum Gasteiger partial charge on any atom is 0.573 e. The van der Waals surface area contributed by atoms with Crippen molar-refractivity contribution in [1.82, 2.24) is 20.4 Å². The van der Waals surface area contributed by atoms with E-state index in [9.17, 15) is 13.2 Å². The van der Waals surface area contributed by atoms with Gasteiger partial charge in [-0.25, -0.2) is 0 Å². The number of benzene rings is 1. The predicted molar refractivity (Wildman–Crippen MR) is 63.8 cm³/mol. The Kier molecular flexibility index (Phi) is 2.78. The van der Waals surface area contributed by atoms with Crippen LogP contribution in [0.1, 0.15) is 0 Å². The molecule has 1 aromatic carbocycles. The minimum atomic E-state index is -4.71. The molecule has 102 valence electrons. The lowest BCUT2D eigenvalue weighted by atomic mass is 10.1. The fourth-order valence-corrected chi connectivity index (χ4v) is 1.78. The Morgan fingerprint density at radius 2 is 1.90 bits per heavy atom. The molecule has 3 aromatic rings. The van der Waals surface area contributed by atoms with Crippen molar-refractivity contribution in [3.63, 3.8) is 0 Å². The second kappa shape index (κ2) is 4.48. The second-order valence-corrected chi connectivity index (χ2v) is 3.98. The number of aromatic nitrogens is 4. The number of hydrogen-bond acceptors (Lipinski definition) is 4. The van der Waals surface area contributed by atoms with Gasteiger partial charge in [-0.05, 0) is 29.7 Å². The monoisotopic (exact) mass is 280 g/mol. The number of aromatic amines is 1. The van der Waals surface area contributed by atoms with E-state index in [1.165, 1.54) is 18.2 Å². The second-order valence-electron chi connectivity index (χ2n) is 3.98. The Balaban J connectivity index is 2.03. The first-order valence-corrected chi connectivity index (χ1v) is 5.54. The summed E-state index contributed by atoms with van der Waals surface area (Å²) in [6, 6.07) is 5.67. The van der Waals surface area contributed by atoms with E-state index in [0.29, 0.717) is 22.2 Å². The molecule has 20 heavy (non-hydrogen) atoms. The summed E-state index contributed by atoms with van der Waals surface area (Å²) in [6.45, 7) is 0. The maximum absolute atomic E-state index is 12.2. The van der Waals surface area contributed by atoms with Gasteiger partial charge in [-0.2, -0.15) is 0 Å². The Labute approximate surface area is 110 Å². The quantitative estimate of drug-likeness (QED) is 0.784. The molecule has 0 fully saturated rings. The van der Waals surface area contributed by atoms with Gasteiger partial charge in [0.2, 0.25) is 0 Å². The minimum Gasteiger partial charge on any atom is -0.406 e. The highest BCUT2D eigenvalue weighted by Crippen LogP contribution is 2.27. The van der Waals surface area contributed by atoms with Crippen molar-refractivity contribution < 1.29 is 17.9 Å². The summed E-state index contributed by atoms with van der Waals surface area (Å²) in [6.07, 6.45) is -1.61. The molecular formula is C12H7F3N4O. The van der Waals surface area contributed by atoms with Gasteiger partial charge in [0, 0.05) is 11.6 Å². The standard InChI is InChI=1S/C12H7F3N4O/c13-12(14,15)20-9-2-1-7-5-16-10(4-8(7)3-9)11-6-17-19-18-11/h1-6H,(H,17,18,19). The zero-order valence-electron chi connectivity index (χ0n) is 9.85. The molecule has 8 heteroatoms. The average molecular weight is 280 g/mol. The molecule has 1 N–H and O–H groups in total. The maximum atomic E-state index is 12.2. The van der Waals surface area contributed by atoms with Gasteiger partial charge in [0.25, 0.3) is 0 Å². The SMILES string of the molecule is FC(F)(F)Oc1ccc2cnc(-c3c[nH]nn3)cc2c1. The molecule has 0 unspecified atom stereocenters. The summed E-state index contributed by atoms with van der Waals surface area (Å²) in [5.41, 5.74) is 1.02. The van der Waals surface area contributed by atoms with E-state index >= 15 is 0 Å². The van der Waals surface area contributed by atoms with Crippen LogP contribution in [0.15, 0.2) is 36.7 Å². The molecule has 0 aliphatic heterocycles. The van der Waals surface area contributed by atoms with Gasteiger partial charge in [-0.3, -0.25) is 10.1 Å². The van der Waals surface area contributed by atoms with Crippen molar-refractivity contribution in [2.45, 2.75) is 6.36 Å². The van der Waals surface area contributed by atoms with Gasteiger partial charge in [0.05, 0.1) is 11.9 Å². The van der Waals surface area contributed by atoms with Crippen molar-refractivity contribution in [3.8, 4) is 17.1 Å². The topological polar surface area (TPSA) is 63.7 Å². The van der Waals surface area contributed by atoms with Crippen LogP contribution in [0.5, 0.6) is 5.75 Å². The number of halogens is 3. The number of fused-ring (bicyclic) bond motifs is 1. The molecule has 3 rings (SSSR count). The summed E-state index contributed by atoms with van der Waals surface area (Å²) >= 11 is 0. The van der Waals surface area contributed by atoms with Gasteiger partial charge >= 0.3 is 6.36 Å². The van der Waals surface area contributed by atoms with Crippen LogP contribution in [0.3, 0.4) is 0 Å². The van der Waals surface area contributed by atoms with Crippen LogP contribution in [0.25, 0.3) is 22.2 Å². The molecule has 0 amide bonds. The number of hydrogen-bond donors (Lipinski definition) is 1. The van der Waals surface area contributed by atoms with Gasteiger partial charge in [-0.1, -0.05) is 5.21 Å². The third-order valence-corrected chi connectivity index (χ3v) is 2.61. The van der Waals surface area contributed by atoms with E-state index < -0.39 is 6.36 Å². The Bertz CT molecular complexity index is 740. The molecule has 0 spiro atoms. The first-order chi connectivity index (χ1) is 9.51. The van der Waals surface area contributed by atoms with Crippen molar-refractivity contribution in [2.24, 2.45) is 0 Å². The van der Waals surface area contributed by atoms with Crippen LogP contribution in [0.4, 0.5) is 13.2 Å².